The summed E-state index contributed by atoms with van der Waals surface area (Å²) in [5.41, 5.74) is 7.43. The van der Waals surface area contributed by atoms with Crippen molar-refractivity contribution in [2.24, 2.45) is 0 Å². The van der Waals surface area contributed by atoms with E-state index in [1.165, 1.54) is 39.2 Å². The first-order valence-corrected chi connectivity index (χ1v) is 8.44. The minimum atomic E-state index is 0.889. The molecule has 5 aromatic rings. The van der Waals surface area contributed by atoms with E-state index in [1.807, 2.05) is 12.4 Å². The fourth-order valence-electron chi connectivity index (χ4n) is 4.05. The van der Waals surface area contributed by atoms with Gasteiger partial charge in [0.2, 0.25) is 5.52 Å². The highest BCUT2D eigenvalue weighted by Gasteiger charge is 2.36. The maximum absolute atomic E-state index is 4.38. The van der Waals surface area contributed by atoms with E-state index in [0.717, 1.165) is 6.54 Å². The molecule has 1 aliphatic rings. The molecule has 0 spiro atoms. The molecule has 4 aromatic heterocycles. The molecule has 0 radical (unpaired) electrons. The smallest absolute Gasteiger partial charge is 0.297 e. The Morgan fingerprint density at radius 2 is 1.84 bits per heavy atom. The summed E-state index contributed by atoms with van der Waals surface area (Å²) >= 11 is 0. The monoisotopic (exact) mass is 323 g/mol. The first-order valence-electron chi connectivity index (χ1n) is 8.44. The Labute approximate surface area is 144 Å². The Balaban J connectivity index is 1.84. The third kappa shape index (κ3) is 1.61. The van der Waals surface area contributed by atoms with Gasteiger partial charge in [-0.15, -0.1) is 0 Å². The van der Waals surface area contributed by atoms with E-state index < -0.39 is 0 Å². The fourth-order valence-corrected chi connectivity index (χ4v) is 4.05. The summed E-state index contributed by atoms with van der Waals surface area (Å²) in [7, 11) is 0. The van der Waals surface area contributed by atoms with Crippen molar-refractivity contribution in [3.63, 3.8) is 0 Å². The number of nitrogens with zero attached hydrogens (tertiary/aromatic N) is 4. The summed E-state index contributed by atoms with van der Waals surface area (Å²) in [4.78, 5) is 4.38. The molecule has 1 aromatic carbocycles. The molecule has 0 fully saturated rings. The van der Waals surface area contributed by atoms with Crippen molar-refractivity contribution in [2.45, 2.75) is 6.54 Å². The van der Waals surface area contributed by atoms with Gasteiger partial charge in [0.05, 0.1) is 17.3 Å². The Hall–Kier alpha value is -3.40. The van der Waals surface area contributed by atoms with E-state index in [4.69, 9.17) is 0 Å². The zero-order valence-corrected chi connectivity index (χ0v) is 13.5. The Kier molecular flexibility index (Phi) is 2.37. The lowest BCUT2D eigenvalue weighted by Crippen LogP contribution is -2.31. The molecule has 4 nitrogen and oxygen atoms in total. The second-order valence-electron chi connectivity index (χ2n) is 6.47. The van der Waals surface area contributed by atoms with Crippen LogP contribution in [0.2, 0.25) is 0 Å². The predicted molar refractivity (Wildman–Crippen MR) is 96.8 cm³/mol. The van der Waals surface area contributed by atoms with Crippen LogP contribution in [-0.4, -0.2) is 14.0 Å². The summed E-state index contributed by atoms with van der Waals surface area (Å²) in [6, 6.07) is 19.1. The first kappa shape index (κ1) is 13.0. The molecule has 0 aliphatic carbocycles. The van der Waals surface area contributed by atoms with Gasteiger partial charge in [0.1, 0.15) is 12.2 Å². The average molecular weight is 323 g/mol. The molecule has 0 saturated carbocycles. The summed E-state index contributed by atoms with van der Waals surface area (Å²) in [5, 5.41) is 0. The van der Waals surface area contributed by atoms with E-state index in [2.05, 4.69) is 85.5 Å². The Bertz CT molecular complexity index is 1260. The van der Waals surface area contributed by atoms with Crippen LogP contribution < -0.4 is 4.57 Å². The van der Waals surface area contributed by atoms with Crippen molar-refractivity contribution in [3.05, 3.63) is 84.9 Å². The van der Waals surface area contributed by atoms with E-state index in [0.29, 0.717) is 0 Å². The van der Waals surface area contributed by atoms with Crippen molar-refractivity contribution >= 4 is 16.6 Å². The largest absolute Gasteiger partial charge is 0.316 e. The van der Waals surface area contributed by atoms with Crippen LogP contribution in [-0.2, 0) is 6.54 Å². The van der Waals surface area contributed by atoms with E-state index >= 15 is 0 Å². The molecular formula is C21H15N4+. The van der Waals surface area contributed by atoms with Gasteiger partial charge in [-0.1, -0.05) is 24.3 Å². The van der Waals surface area contributed by atoms with Gasteiger partial charge >= 0.3 is 0 Å². The number of aromatic nitrogens is 4. The molecule has 0 unspecified atom stereocenters. The predicted octanol–water partition coefficient (Wildman–Crippen LogP) is 3.59. The standard InChI is InChI=1S/C21H15N4/c1-2-6-16(7-3-1)25-20-18-8-4-5-11-23(18)14-19(20)24-13-15-9-10-22-12-17(15)21(24)25/h1-12,14H,13H2/q+1. The van der Waals surface area contributed by atoms with E-state index in [9.17, 15) is 0 Å². The minimum absolute atomic E-state index is 0.889. The van der Waals surface area contributed by atoms with Gasteiger partial charge in [0.15, 0.2) is 5.52 Å². The zero-order valence-electron chi connectivity index (χ0n) is 13.5. The van der Waals surface area contributed by atoms with E-state index in [1.54, 1.807) is 0 Å². The van der Waals surface area contributed by atoms with Gasteiger partial charge in [-0.05, 0) is 30.3 Å². The van der Waals surface area contributed by atoms with Gasteiger partial charge in [-0.2, -0.15) is 4.57 Å². The van der Waals surface area contributed by atoms with Gasteiger partial charge in [-0.3, -0.25) is 4.98 Å². The number of imidazole rings is 1. The minimum Gasteiger partial charge on any atom is -0.316 e. The highest BCUT2D eigenvalue weighted by molar-refractivity contribution is 5.94. The normalized spacial score (nSPS) is 12.6. The number of hydrogen-bond donors (Lipinski definition) is 0. The van der Waals surface area contributed by atoms with E-state index in [-0.39, 0.29) is 0 Å². The van der Waals surface area contributed by atoms with Gasteiger partial charge in [0, 0.05) is 24.2 Å². The first-order chi connectivity index (χ1) is 12.4. The Morgan fingerprint density at radius 3 is 2.76 bits per heavy atom. The molecule has 0 bridgehead atoms. The quantitative estimate of drug-likeness (QED) is 0.425. The highest BCUT2D eigenvalue weighted by atomic mass is 15.2. The molecule has 4 heteroatoms. The van der Waals surface area contributed by atoms with Crippen molar-refractivity contribution in [1.82, 2.24) is 14.0 Å². The van der Waals surface area contributed by atoms with Crippen molar-refractivity contribution in [2.75, 3.05) is 0 Å². The molecule has 5 heterocycles. The molecule has 0 atom stereocenters. The van der Waals surface area contributed by atoms with Crippen LogP contribution in [0.5, 0.6) is 0 Å². The molecule has 25 heavy (non-hydrogen) atoms. The van der Waals surface area contributed by atoms with Crippen LogP contribution in [0.25, 0.3) is 33.6 Å². The van der Waals surface area contributed by atoms with Gasteiger partial charge in [-0.25, -0.2) is 4.57 Å². The van der Waals surface area contributed by atoms with Crippen LogP contribution in [0.3, 0.4) is 0 Å². The maximum atomic E-state index is 4.38. The van der Waals surface area contributed by atoms with Gasteiger partial charge in [0.25, 0.3) is 5.82 Å². The second kappa shape index (κ2) is 4.57. The summed E-state index contributed by atoms with van der Waals surface area (Å²) < 4.78 is 6.98. The van der Waals surface area contributed by atoms with Crippen molar-refractivity contribution < 1.29 is 4.57 Å². The van der Waals surface area contributed by atoms with Crippen LogP contribution >= 0.6 is 0 Å². The molecule has 0 N–H and O–H groups in total. The second-order valence-corrected chi connectivity index (χ2v) is 6.47. The topological polar surface area (TPSA) is 26.1 Å². The summed E-state index contributed by atoms with van der Waals surface area (Å²) in [6.07, 6.45) is 8.21. The third-order valence-corrected chi connectivity index (χ3v) is 5.11. The molecule has 6 rings (SSSR count). The number of hydrogen-bond acceptors (Lipinski definition) is 1. The van der Waals surface area contributed by atoms with Crippen LogP contribution in [0.15, 0.2) is 79.4 Å². The van der Waals surface area contributed by atoms with Crippen molar-refractivity contribution in [1.29, 1.82) is 0 Å². The lowest BCUT2D eigenvalue weighted by Gasteiger charge is -2.02. The van der Waals surface area contributed by atoms with Crippen molar-refractivity contribution in [3.8, 4) is 17.1 Å². The molecule has 0 saturated heterocycles. The molecule has 118 valence electrons. The molecular weight excluding hydrogens is 308 g/mol. The molecule has 0 amide bonds. The maximum Gasteiger partial charge on any atom is 0.297 e. The number of pyridine rings is 2. The lowest BCUT2D eigenvalue weighted by atomic mass is 10.1. The summed E-state index contributed by atoms with van der Waals surface area (Å²) in [6.45, 7) is 0.889. The number of rotatable bonds is 1. The summed E-state index contributed by atoms with van der Waals surface area (Å²) in [5.74, 6) is 1.21. The highest BCUT2D eigenvalue weighted by Crippen LogP contribution is 2.35. The van der Waals surface area contributed by atoms with Crippen LogP contribution in [0, 0.1) is 0 Å². The zero-order chi connectivity index (χ0) is 16.4. The lowest BCUT2D eigenvalue weighted by molar-refractivity contribution is -0.645. The number of fused-ring (bicyclic) bond motifs is 7. The average Bonchev–Trinajstić information content (AvgIpc) is 3.30. The third-order valence-electron chi connectivity index (χ3n) is 5.11. The van der Waals surface area contributed by atoms with Crippen LogP contribution in [0.4, 0.5) is 0 Å². The molecule has 1 aliphatic heterocycles. The van der Waals surface area contributed by atoms with Gasteiger partial charge < -0.3 is 4.40 Å². The fraction of sp³-hybridized carbons (Fsp3) is 0.0476. The Morgan fingerprint density at radius 1 is 0.960 bits per heavy atom. The SMILES string of the molecule is c1ccc(-n2c3[n+](c4cn5ccccc5c42)Cc2ccncc2-3)cc1. The number of para-hydroxylation sites is 1. The number of benzene rings is 1. The van der Waals surface area contributed by atoms with Crippen LogP contribution in [0.1, 0.15) is 5.56 Å².